The third-order valence-corrected chi connectivity index (χ3v) is 3.82. The van der Waals surface area contributed by atoms with Crippen LogP contribution in [-0.4, -0.2) is 21.8 Å². The molecule has 0 saturated heterocycles. The molecule has 0 radical (unpaired) electrons. The zero-order valence-corrected chi connectivity index (χ0v) is 15.0. The fourth-order valence-corrected chi connectivity index (χ4v) is 2.55. The highest BCUT2D eigenvalue weighted by Gasteiger charge is 2.07. The molecule has 3 N–H and O–H groups in total. The van der Waals surface area contributed by atoms with E-state index >= 15 is 0 Å². The van der Waals surface area contributed by atoms with Crippen LogP contribution in [0.1, 0.15) is 13.3 Å². The van der Waals surface area contributed by atoms with E-state index in [4.69, 9.17) is 0 Å². The molecule has 27 heavy (non-hydrogen) atoms. The van der Waals surface area contributed by atoms with Crippen molar-refractivity contribution >= 4 is 28.6 Å². The smallest absolute Gasteiger partial charge is 0.141 e. The van der Waals surface area contributed by atoms with E-state index in [2.05, 4.69) is 15.3 Å². The Hall–Kier alpha value is -3.60. The summed E-state index contributed by atoms with van der Waals surface area (Å²) in [5, 5.41) is 23.2. The lowest BCUT2D eigenvalue weighted by Crippen LogP contribution is -2.15. The number of hydrogen-bond donors (Lipinski definition) is 3. The summed E-state index contributed by atoms with van der Waals surface area (Å²) < 4.78 is 0. The van der Waals surface area contributed by atoms with Gasteiger partial charge in [0.05, 0.1) is 0 Å². The summed E-state index contributed by atoms with van der Waals surface area (Å²) in [6.45, 7) is 1.87. The predicted molar refractivity (Wildman–Crippen MR) is 111 cm³/mol. The van der Waals surface area contributed by atoms with Crippen molar-refractivity contribution in [1.82, 2.24) is 0 Å². The number of aliphatic imine (C=N–C) groups is 2. The van der Waals surface area contributed by atoms with Gasteiger partial charge in [-0.15, -0.1) is 0 Å². The molecular formula is C22H21N3O2. The van der Waals surface area contributed by atoms with Gasteiger partial charge in [0.15, 0.2) is 0 Å². The van der Waals surface area contributed by atoms with Gasteiger partial charge in [0.2, 0.25) is 0 Å². The van der Waals surface area contributed by atoms with Crippen LogP contribution in [0.25, 0.3) is 0 Å². The van der Waals surface area contributed by atoms with Gasteiger partial charge < -0.3 is 15.5 Å². The lowest BCUT2D eigenvalue weighted by molar-refractivity contribution is 0.476. The highest BCUT2D eigenvalue weighted by molar-refractivity contribution is 6.10. The minimum Gasteiger partial charge on any atom is -0.506 e. The number of nitrogens with zero attached hydrogens (tertiary/aromatic N) is 2. The highest BCUT2D eigenvalue weighted by atomic mass is 16.3. The highest BCUT2D eigenvalue weighted by Crippen LogP contribution is 2.27. The van der Waals surface area contributed by atoms with E-state index < -0.39 is 0 Å². The summed E-state index contributed by atoms with van der Waals surface area (Å²) in [7, 11) is 0. The second-order valence-corrected chi connectivity index (χ2v) is 6.05. The summed E-state index contributed by atoms with van der Waals surface area (Å²) in [6, 6.07) is 23.5. The molecule has 3 aromatic carbocycles. The van der Waals surface area contributed by atoms with Crippen molar-refractivity contribution < 1.29 is 10.2 Å². The van der Waals surface area contributed by atoms with Gasteiger partial charge in [0, 0.05) is 17.8 Å². The molecule has 0 amide bonds. The van der Waals surface area contributed by atoms with Crippen molar-refractivity contribution in [3.05, 3.63) is 78.9 Å². The van der Waals surface area contributed by atoms with Gasteiger partial charge in [-0.25, -0.2) is 4.99 Å². The molecule has 136 valence electrons. The number of rotatable bonds is 5. The minimum atomic E-state index is 0.111. The number of hydrogen-bond acceptors (Lipinski definition) is 4. The number of phenolic OH excluding ortho intramolecular Hbond substituents is 2. The van der Waals surface area contributed by atoms with E-state index in [1.807, 2.05) is 49.4 Å². The first-order valence-corrected chi connectivity index (χ1v) is 8.61. The molecule has 0 spiro atoms. The quantitative estimate of drug-likeness (QED) is 0.420. The standard InChI is InChI=1S/C22H21N3O2/c1-16(23-18-11-5-7-13-20(18)26)15-22(24-17-9-3-2-4-10-17)25-19-12-6-8-14-21(19)27/h2-14,26-27H,15H2,1H3,(H,24,25). The number of para-hydroxylation sites is 5. The van der Waals surface area contributed by atoms with Crippen LogP contribution in [-0.2, 0) is 0 Å². The number of nitrogens with one attached hydrogen (secondary N) is 1. The van der Waals surface area contributed by atoms with Crippen molar-refractivity contribution in [2.24, 2.45) is 9.98 Å². The fourth-order valence-electron chi connectivity index (χ4n) is 2.55. The first-order chi connectivity index (χ1) is 13.1. The second-order valence-electron chi connectivity index (χ2n) is 6.05. The SMILES string of the molecule is CC(CC(=Nc1ccccc1O)Nc1ccccc1)=Nc1ccccc1O. The molecule has 0 heterocycles. The average molecular weight is 359 g/mol. The van der Waals surface area contributed by atoms with Gasteiger partial charge >= 0.3 is 0 Å². The van der Waals surface area contributed by atoms with E-state index in [-0.39, 0.29) is 11.5 Å². The van der Waals surface area contributed by atoms with Crippen LogP contribution in [0.15, 0.2) is 88.8 Å². The first kappa shape index (κ1) is 18.2. The van der Waals surface area contributed by atoms with Crippen LogP contribution < -0.4 is 5.32 Å². The van der Waals surface area contributed by atoms with Crippen LogP contribution >= 0.6 is 0 Å². The third kappa shape index (κ3) is 5.19. The number of phenols is 2. The summed E-state index contributed by atoms with van der Waals surface area (Å²) in [4.78, 5) is 9.06. The molecule has 0 atom stereocenters. The Morgan fingerprint density at radius 1 is 0.741 bits per heavy atom. The molecule has 0 aliphatic rings. The van der Waals surface area contributed by atoms with Gasteiger partial charge in [0.1, 0.15) is 28.7 Å². The lowest BCUT2D eigenvalue weighted by Gasteiger charge is -2.11. The molecule has 0 aliphatic carbocycles. The maximum absolute atomic E-state index is 10.0. The first-order valence-electron chi connectivity index (χ1n) is 8.61. The van der Waals surface area contributed by atoms with E-state index in [1.165, 1.54) is 0 Å². The van der Waals surface area contributed by atoms with Crippen molar-refractivity contribution in [3.63, 3.8) is 0 Å². The average Bonchev–Trinajstić information content (AvgIpc) is 2.66. The van der Waals surface area contributed by atoms with Gasteiger partial charge in [-0.05, 0) is 43.3 Å². The normalized spacial score (nSPS) is 12.0. The molecular weight excluding hydrogens is 338 g/mol. The van der Waals surface area contributed by atoms with Crippen LogP contribution in [0.5, 0.6) is 11.5 Å². The Morgan fingerprint density at radius 2 is 1.26 bits per heavy atom. The van der Waals surface area contributed by atoms with E-state index in [9.17, 15) is 10.2 Å². The van der Waals surface area contributed by atoms with Gasteiger partial charge in [0.25, 0.3) is 0 Å². The molecule has 0 aliphatic heterocycles. The van der Waals surface area contributed by atoms with Crippen molar-refractivity contribution in [3.8, 4) is 11.5 Å². The van der Waals surface area contributed by atoms with Gasteiger partial charge in [-0.2, -0.15) is 0 Å². The topological polar surface area (TPSA) is 77.2 Å². The Morgan fingerprint density at radius 3 is 1.85 bits per heavy atom. The van der Waals surface area contributed by atoms with Crippen molar-refractivity contribution in [2.45, 2.75) is 13.3 Å². The predicted octanol–water partition coefficient (Wildman–Crippen LogP) is 5.42. The Kier molecular flexibility index (Phi) is 5.84. The van der Waals surface area contributed by atoms with Crippen LogP contribution in [0.2, 0.25) is 0 Å². The third-order valence-electron chi connectivity index (χ3n) is 3.82. The fraction of sp³-hybridized carbons (Fsp3) is 0.0909. The monoisotopic (exact) mass is 359 g/mol. The number of aromatic hydroxyl groups is 2. The molecule has 0 unspecified atom stereocenters. The molecule has 3 rings (SSSR count). The van der Waals surface area contributed by atoms with Crippen molar-refractivity contribution in [1.29, 1.82) is 0 Å². The van der Waals surface area contributed by atoms with E-state index in [0.717, 1.165) is 11.4 Å². The summed E-state index contributed by atoms with van der Waals surface area (Å²) >= 11 is 0. The molecule has 0 bridgehead atoms. The molecule has 0 saturated carbocycles. The van der Waals surface area contributed by atoms with Crippen LogP contribution in [0, 0.1) is 0 Å². The molecule has 5 heteroatoms. The largest absolute Gasteiger partial charge is 0.506 e. The summed E-state index contributed by atoms with van der Waals surface area (Å²) in [5.74, 6) is 0.881. The Balaban J connectivity index is 1.90. The minimum absolute atomic E-state index is 0.111. The van der Waals surface area contributed by atoms with Gasteiger partial charge in [-0.3, -0.25) is 4.99 Å². The number of benzene rings is 3. The lowest BCUT2D eigenvalue weighted by atomic mass is 10.2. The maximum atomic E-state index is 10.0. The molecule has 5 nitrogen and oxygen atoms in total. The van der Waals surface area contributed by atoms with E-state index in [1.54, 1.807) is 36.4 Å². The Labute approximate surface area is 158 Å². The molecule has 0 aromatic heterocycles. The zero-order chi connectivity index (χ0) is 19.1. The second kappa shape index (κ2) is 8.67. The van der Waals surface area contributed by atoms with E-state index in [0.29, 0.717) is 23.6 Å². The molecule has 3 aromatic rings. The molecule has 0 fully saturated rings. The van der Waals surface area contributed by atoms with Crippen LogP contribution in [0.3, 0.4) is 0 Å². The summed E-state index contributed by atoms with van der Waals surface area (Å²) in [6.07, 6.45) is 0.428. The maximum Gasteiger partial charge on any atom is 0.141 e. The summed E-state index contributed by atoms with van der Waals surface area (Å²) in [5.41, 5.74) is 2.65. The van der Waals surface area contributed by atoms with Crippen molar-refractivity contribution in [2.75, 3.05) is 5.32 Å². The van der Waals surface area contributed by atoms with Gasteiger partial charge in [-0.1, -0.05) is 42.5 Å². The zero-order valence-electron chi connectivity index (χ0n) is 15.0. The number of amidine groups is 1. The Bertz CT molecular complexity index is 966. The van der Waals surface area contributed by atoms with Crippen LogP contribution in [0.4, 0.5) is 17.1 Å². The number of anilines is 1.